The van der Waals surface area contributed by atoms with E-state index in [1.807, 2.05) is 0 Å². The van der Waals surface area contributed by atoms with Gasteiger partial charge in [0, 0.05) is 13.0 Å². The quantitative estimate of drug-likeness (QED) is 0.329. The minimum absolute atomic E-state index is 0.175. The number of ketones is 1. The SMILES string of the molecule is CC(=O)COC(=O)CCCCCOCCOCC(=O)OCC(=O)O. The van der Waals surface area contributed by atoms with Crippen molar-refractivity contribution >= 4 is 23.7 Å². The van der Waals surface area contributed by atoms with Gasteiger partial charge in [-0.3, -0.25) is 9.59 Å². The van der Waals surface area contributed by atoms with Crippen molar-refractivity contribution in [2.75, 3.05) is 39.6 Å². The van der Waals surface area contributed by atoms with Crippen LogP contribution in [0.1, 0.15) is 32.6 Å². The number of unbranched alkanes of at least 4 members (excludes halogenated alkanes) is 2. The Morgan fingerprint density at radius 3 is 2.08 bits per heavy atom. The number of carbonyl (C=O) groups excluding carboxylic acids is 3. The Morgan fingerprint density at radius 2 is 1.42 bits per heavy atom. The van der Waals surface area contributed by atoms with Gasteiger partial charge in [-0.05, 0) is 19.8 Å². The Labute approximate surface area is 140 Å². The molecule has 0 amide bonds. The summed E-state index contributed by atoms with van der Waals surface area (Å²) in [5.41, 5.74) is 0. The summed E-state index contributed by atoms with van der Waals surface area (Å²) in [4.78, 5) is 42.9. The molecular weight excluding hydrogens is 324 g/mol. The van der Waals surface area contributed by atoms with Crippen molar-refractivity contribution in [2.24, 2.45) is 0 Å². The van der Waals surface area contributed by atoms with Gasteiger partial charge in [-0.15, -0.1) is 0 Å². The first-order chi connectivity index (χ1) is 11.4. The first-order valence-electron chi connectivity index (χ1n) is 7.59. The third-order valence-corrected chi connectivity index (χ3v) is 2.55. The molecule has 0 aromatic heterocycles. The minimum atomic E-state index is -1.22. The van der Waals surface area contributed by atoms with Crippen LogP contribution in [-0.2, 0) is 38.1 Å². The molecule has 0 atom stereocenters. The number of ether oxygens (including phenoxy) is 4. The Kier molecular flexibility index (Phi) is 13.4. The fourth-order valence-electron chi connectivity index (χ4n) is 1.46. The molecule has 0 radical (unpaired) electrons. The number of hydrogen-bond acceptors (Lipinski definition) is 8. The van der Waals surface area contributed by atoms with Gasteiger partial charge in [-0.25, -0.2) is 9.59 Å². The van der Waals surface area contributed by atoms with Crippen LogP contribution in [0.3, 0.4) is 0 Å². The molecule has 0 spiro atoms. The van der Waals surface area contributed by atoms with Gasteiger partial charge in [0.1, 0.15) is 13.2 Å². The topological polar surface area (TPSA) is 125 Å². The maximum absolute atomic E-state index is 11.2. The van der Waals surface area contributed by atoms with Gasteiger partial charge in [0.25, 0.3) is 0 Å². The minimum Gasteiger partial charge on any atom is -0.479 e. The van der Waals surface area contributed by atoms with E-state index in [4.69, 9.17) is 19.3 Å². The lowest BCUT2D eigenvalue weighted by atomic mass is 10.2. The summed E-state index contributed by atoms with van der Waals surface area (Å²) in [6, 6.07) is 0. The van der Waals surface area contributed by atoms with Crippen molar-refractivity contribution in [1.82, 2.24) is 0 Å². The summed E-state index contributed by atoms with van der Waals surface area (Å²) in [5.74, 6) is -2.53. The predicted octanol–water partition coefficient (Wildman–Crippen LogP) is 0.340. The molecule has 0 rings (SSSR count). The van der Waals surface area contributed by atoms with E-state index in [1.54, 1.807) is 0 Å². The van der Waals surface area contributed by atoms with Crippen LogP contribution in [0.15, 0.2) is 0 Å². The van der Waals surface area contributed by atoms with Crippen LogP contribution in [-0.4, -0.2) is 68.4 Å². The second-order valence-corrected chi connectivity index (χ2v) is 4.89. The van der Waals surface area contributed by atoms with E-state index in [-0.39, 0.29) is 38.0 Å². The highest BCUT2D eigenvalue weighted by molar-refractivity contribution is 5.80. The van der Waals surface area contributed by atoms with Crippen LogP contribution < -0.4 is 0 Å². The largest absolute Gasteiger partial charge is 0.479 e. The van der Waals surface area contributed by atoms with Gasteiger partial charge in [-0.2, -0.15) is 0 Å². The van der Waals surface area contributed by atoms with Crippen LogP contribution >= 0.6 is 0 Å². The van der Waals surface area contributed by atoms with E-state index in [1.165, 1.54) is 6.92 Å². The van der Waals surface area contributed by atoms with Crippen molar-refractivity contribution < 1.29 is 43.2 Å². The van der Waals surface area contributed by atoms with Crippen LogP contribution in [0.4, 0.5) is 0 Å². The van der Waals surface area contributed by atoms with Gasteiger partial charge in [-0.1, -0.05) is 6.42 Å². The van der Waals surface area contributed by atoms with E-state index in [0.717, 1.165) is 12.8 Å². The van der Waals surface area contributed by atoms with Crippen LogP contribution in [0.5, 0.6) is 0 Å². The summed E-state index contributed by atoms with van der Waals surface area (Å²) in [7, 11) is 0. The lowest BCUT2D eigenvalue weighted by molar-refractivity contribution is -0.158. The number of carboxylic acids is 1. The van der Waals surface area contributed by atoms with Crippen LogP contribution in [0.2, 0.25) is 0 Å². The lowest BCUT2D eigenvalue weighted by Gasteiger charge is -2.06. The van der Waals surface area contributed by atoms with Crippen molar-refractivity contribution in [3.8, 4) is 0 Å². The summed E-state index contributed by atoms with van der Waals surface area (Å²) in [6.45, 7) is 1.17. The molecule has 9 heteroatoms. The van der Waals surface area contributed by atoms with Gasteiger partial charge in [0.15, 0.2) is 12.4 Å². The zero-order valence-corrected chi connectivity index (χ0v) is 13.8. The maximum atomic E-state index is 11.2. The van der Waals surface area contributed by atoms with E-state index < -0.39 is 18.5 Å². The van der Waals surface area contributed by atoms with Gasteiger partial charge in [0.05, 0.1) is 13.2 Å². The summed E-state index contributed by atoms with van der Waals surface area (Å²) < 4.78 is 19.3. The van der Waals surface area contributed by atoms with E-state index in [2.05, 4.69) is 4.74 Å². The molecule has 0 unspecified atom stereocenters. The Morgan fingerprint density at radius 1 is 0.750 bits per heavy atom. The molecule has 0 aliphatic carbocycles. The number of aliphatic carboxylic acids is 1. The van der Waals surface area contributed by atoms with E-state index in [0.29, 0.717) is 19.6 Å². The highest BCUT2D eigenvalue weighted by Crippen LogP contribution is 2.02. The third kappa shape index (κ3) is 16.4. The Balaban J connectivity index is 3.28. The molecule has 0 heterocycles. The number of Topliss-reactive ketones (excluding diaryl/α,β-unsaturated/α-hetero) is 1. The summed E-state index contributed by atoms with van der Waals surface area (Å²) in [5, 5.41) is 8.29. The van der Waals surface area contributed by atoms with E-state index >= 15 is 0 Å². The highest BCUT2D eigenvalue weighted by atomic mass is 16.6. The molecule has 0 bridgehead atoms. The van der Waals surface area contributed by atoms with Crippen molar-refractivity contribution in [3.63, 3.8) is 0 Å². The number of carbonyl (C=O) groups is 4. The van der Waals surface area contributed by atoms with Gasteiger partial charge >= 0.3 is 17.9 Å². The van der Waals surface area contributed by atoms with E-state index in [9.17, 15) is 19.2 Å². The molecule has 9 nitrogen and oxygen atoms in total. The fraction of sp³-hybridized carbons (Fsp3) is 0.733. The number of esters is 2. The first kappa shape index (κ1) is 22.0. The first-order valence-corrected chi connectivity index (χ1v) is 7.59. The zero-order chi connectivity index (χ0) is 18.2. The van der Waals surface area contributed by atoms with Crippen LogP contribution in [0, 0.1) is 0 Å². The molecule has 0 saturated heterocycles. The average molecular weight is 348 g/mol. The average Bonchev–Trinajstić information content (AvgIpc) is 2.52. The Bertz CT molecular complexity index is 368. The third-order valence-electron chi connectivity index (χ3n) is 2.55. The van der Waals surface area contributed by atoms with Crippen LogP contribution in [0.25, 0.3) is 0 Å². The number of rotatable bonds is 15. The molecule has 138 valence electrons. The molecule has 0 aromatic rings. The zero-order valence-electron chi connectivity index (χ0n) is 13.8. The monoisotopic (exact) mass is 348 g/mol. The molecule has 0 aliphatic heterocycles. The number of carboxylic acid groups (broad SMARTS) is 1. The summed E-state index contributed by atoms with van der Waals surface area (Å²) in [6.07, 6.45) is 2.49. The van der Waals surface area contributed by atoms with Crippen molar-refractivity contribution in [3.05, 3.63) is 0 Å². The Hall–Kier alpha value is -2.00. The molecule has 0 aliphatic rings. The maximum Gasteiger partial charge on any atom is 0.341 e. The fourth-order valence-corrected chi connectivity index (χ4v) is 1.46. The number of hydrogen-bond donors (Lipinski definition) is 1. The predicted molar refractivity (Wildman–Crippen MR) is 80.3 cm³/mol. The van der Waals surface area contributed by atoms with Crippen molar-refractivity contribution in [1.29, 1.82) is 0 Å². The second-order valence-electron chi connectivity index (χ2n) is 4.89. The second kappa shape index (κ2) is 14.6. The molecule has 0 aromatic carbocycles. The standard InChI is InChI=1S/C15H24O9/c1-12(16)9-23-14(19)5-3-2-4-6-21-7-8-22-11-15(20)24-10-13(17)18/h2-11H2,1H3,(H,17,18). The smallest absolute Gasteiger partial charge is 0.341 e. The molecule has 24 heavy (non-hydrogen) atoms. The lowest BCUT2D eigenvalue weighted by Crippen LogP contribution is -2.18. The summed E-state index contributed by atoms with van der Waals surface area (Å²) >= 11 is 0. The van der Waals surface area contributed by atoms with Gasteiger partial charge < -0.3 is 24.1 Å². The molecule has 1 N–H and O–H groups in total. The normalized spacial score (nSPS) is 10.2. The molecule has 0 saturated carbocycles. The highest BCUT2D eigenvalue weighted by Gasteiger charge is 2.06. The van der Waals surface area contributed by atoms with Crippen molar-refractivity contribution in [2.45, 2.75) is 32.6 Å². The molecular formula is C15H24O9. The van der Waals surface area contributed by atoms with Gasteiger partial charge in [0.2, 0.25) is 0 Å². The molecule has 0 fully saturated rings.